The predicted molar refractivity (Wildman–Crippen MR) is 61.1 cm³/mol. The van der Waals surface area contributed by atoms with Crippen LogP contribution in [0.4, 0.5) is 0 Å². The number of nitrogens with zero attached hydrogens (tertiary/aromatic N) is 1. The minimum absolute atomic E-state index is 0.00352. The first-order valence-electron chi connectivity index (χ1n) is 5.22. The Morgan fingerprint density at radius 2 is 2.07 bits per heavy atom. The molecule has 0 heterocycles. The Kier molecular flexibility index (Phi) is 4.28. The lowest BCUT2D eigenvalue weighted by Gasteiger charge is -2.27. The molecule has 1 aliphatic rings. The molecule has 0 aromatic rings. The minimum Gasteiger partial charge on any atom is -0.264 e. The van der Waals surface area contributed by atoms with E-state index in [1.807, 2.05) is 12.2 Å². The lowest BCUT2D eigenvalue weighted by atomic mass is 9.78. The largest absolute Gasteiger partial charge is 0.264 e. The van der Waals surface area contributed by atoms with E-state index in [4.69, 9.17) is 0 Å². The fraction of sp³-hybridized carbons (Fsp3) is 0.500. The first-order chi connectivity index (χ1) is 7.20. The lowest BCUT2D eigenvalue weighted by molar-refractivity contribution is -0.540. The zero-order chi connectivity index (χ0) is 11.3. The molecular formula is C12H17NO2. The molecule has 0 fully saturated rings. The van der Waals surface area contributed by atoms with Gasteiger partial charge in [0.1, 0.15) is 0 Å². The Labute approximate surface area is 90.3 Å². The second kappa shape index (κ2) is 5.49. The van der Waals surface area contributed by atoms with Gasteiger partial charge in [0.2, 0.25) is 6.04 Å². The first kappa shape index (κ1) is 11.7. The summed E-state index contributed by atoms with van der Waals surface area (Å²) in [4.78, 5) is 10.9. The van der Waals surface area contributed by atoms with E-state index in [-0.39, 0.29) is 16.8 Å². The van der Waals surface area contributed by atoms with E-state index in [0.717, 1.165) is 6.42 Å². The minimum atomic E-state index is -0.481. The number of hydrogen-bond donors (Lipinski definition) is 0. The maximum absolute atomic E-state index is 11.0. The summed E-state index contributed by atoms with van der Waals surface area (Å²) in [5.41, 5.74) is 0. The van der Waals surface area contributed by atoms with E-state index in [1.54, 1.807) is 12.2 Å². The van der Waals surface area contributed by atoms with Gasteiger partial charge in [-0.1, -0.05) is 24.3 Å². The molecule has 0 bridgehead atoms. The SMILES string of the molecule is C=CCC1C=CCC(CC=C)C1[N+](=O)[O-]. The summed E-state index contributed by atoms with van der Waals surface area (Å²) in [7, 11) is 0. The molecule has 0 radical (unpaired) electrons. The van der Waals surface area contributed by atoms with Crippen LogP contribution in [-0.4, -0.2) is 11.0 Å². The Bertz CT molecular complexity index is 283. The van der Waals surface area contributed by atoms with Crippen molar-refractivity contribution in [3.63, 3.8) is 0 Å². The average Bonchev–Trinajstić information content (AvgIpc) is 2.18. The van der Waals surface area contributed by atoms with Crippen LogP contribution in [0.2, 0.25) is 0 Å². The molecule has 0 aromatic carbocycles. The summed E-state index contributed by atoms with van der Waals surface area (Å²) in [5, 5.41) is 11.0. The smallest absolute Gasteiger partial charge is 0.222 e. The van der Waals surface area contributed by atoms with E-state index in [0.29, 0.717) is 12.8 Å². The highest BCUT2D eigenvalue weighted by atomic mass is 16.6. The van der Waals surface area contributed by atoms with E-state index in [9.17, 15) is 10.1 Å². The Hall–Kier alpha value is -1.38. The van der Waals surface area contributed by atoms with Crippen molar-refractivity contribution in [2.24, 2.45) is 11.8 Å². The Morgan fingerprint density at radius 3 is 2.60 bits per heavy atom. The van der Waals surface area contributed by atoms with Gasteiger partial charge in [-0.2, -0.15) is 0 Å². The van der Waals surface area contributed by atoms with Crippen molar-refractivity contribution in [3.05, 3.63) is 47.6 Å². The van der Waals surface area contributed by atoms with Crippen molar-refractivity contribution in [2.75, 3.05) is 0 Å². The van der Waals surface area contributed by atoms with Gasteiger partial charge in [-0.25, -0.2) is 0 Å². The highest BCUT2D eigenvalue weighted by Crippen LogP contribution is 2.31. The molecule has 1 aliphatic carbocycles. The van der Waals surface area contributed by atoms with Crippen LogP contribution >= 0.6 is 0 Å². The molecule has 0 N–H and O–H groups in total. The van der Waals surface area contributed by atoms with Crippen molar-refractivity contribution in [2.45, 2.75) is 25.3 Å². The first-order valence-corrected chi connectivity index (χ1v) is 5.22. The number of allylic oxidation sites excluding steroid dienone is 3. The van der Waals surface area contributed by atoms with Crippen molar-refractivity contribution in [1.82, 2.24) is 0 Å². The lowest BCUT2D eigenvalue weighted by Crippen LogP contribution is -2.37. The second-order valence-corrected chi connectivity index (χ2v) is 3.91. The van der Waals surface area contributed by atoms with Crippen molar-refractivity contribution >= 4 is 0 Å². The molecule has 0 amide bonds. The van der Waals surface area contributed by atoms with E-state index >= 15 is 0 Å². The molecular weight excluding hydrogens is 190 g/mol. The molecule has 0 aromatic heterocycles. The van der Waals surface area contributed by atoms with Crippen LogP contribution in [0.15, 0.2) is 37.5 Å². The van der Waals surface area contributed by atoms with E-state index in [2.05, 4.69) is 13.2 Å². The zero-order valence-corrected chi connectivity index (χ0v) is 8.84. The van der Waals surface area contributed by atoms with Gasteiger partial charge in [0, 0.05) is 16.8 Å². The summed E-state index contributed by atoms with van der Waals surface area (Å²) in [5.74, 6) is 0.0867. The maximum Gasteiger partial charge on any atom is 0.222 e. The maximum atomic E-state index is 11.0. The number of nitro groups is 1. The van der Waals surface area contributed by atoms with Crippen LogP contribution in [-0.2, 0) is 0 Å². The Morgan fingerprint density at radius 1 is 1.40 bits per heavy atom. The molecule has 82 valence electrons. The topological polar surface area (TPSA) is 43.1 Å². The fourth-order valence-electron chi connectivity index (χ4n) is 2.22. The third-order valence-corrected chi connectivity index (χ3v) is 2.90. The van der Waals surface area contributed by atoms with Crippen LogP contribution in [0.5, 0.6) is 0 Å². The summed E-state index contributed by atoms with van der Waals surface area (Å²) < 4.78 is 0. The third kappa shape index (κ3) is 2.78. The normalized spacial score (nSPS) is 29.7. The van der Waals surface area contributed by atoms with Gasteiger partial charge in [0.05, 0.1) is 0 Å². The molecule has 15 heavy (non-hydrogen) atoms. The summed E-state index contributed by atoms with van der Waals surface area (Å²) in [6.07, 6.45) is 9.69. The molecule has 1 rings (SSSR count). The Balaban J connectivity index is 2.82. The zero-order valence-electron chi connectivity index (χ0n) is 8.84. The van der Waals surface area contributed by atoms with Crippen LogP contribution < -0.4 is 0 Å². The quantitative estimate of drug-likeness (QED) is 0.395. The second-order valence-electron chi connectivity index (χ2n) is 3.91. The van der Waals surface area contributed by atoms with Gasteiger partial charge in [-0.3, -0.25) is 10.1 Å². The van der Waals surface area contributed by atoms with Crippen LogP contribution in [0.1, 0.15) is 19.3 Å². The summed E-state index contributed by atoms with van der Waals surface area (Å²) >= 11 is 0. The molecule has 0 saturated carbocycles. The van der Waals surface area contributed by atoms with Crippen LogP contribution in [0.3, 0.4) is 0 Å². The molecule has 3 atom stereocenters. The fourth-order valence-corrected chi connectivity index (χ4v) is 2.22. The number of hydrogen-bond acceptors (Lipinski definition) is 2. The summed E-state index contributed by atoms with van der Waals surface area (Å²) in [6.45, 7) is 7.30. The third-order valence-electron chi connectivity index (χ3n) is 2.90. The van der Waals surface area contributed by atoms with E-state index < -0.39 is 6.04 Å². The van der Waals surface area contributed by atoms with Crippen molar-refractivity contribution in [3.8, 4) is 0 Å². The van der Waals surface area contributed by atoms with Gasteiger partial charge >= 0.3 is 0 Å². The monoisotopic (exact) mass is 207 g/mol. The van der Waals surface area contributed by atoms with Crippen molar-refractivity contribution in [1.29, 1.82) is 0 Å². The molecule has 0 aliphatic heterocycles. The van der Waals surface area contributed by atoms with Crippen molar-refractivity contribution < 1.29 is 4.92 Å². The van der Waals surface area contributed by atoms with Crippen LogP contribution in [0, 0.1) is 22.0 Å². The van der Waals surface area contributed by atoms with E-state index in [1.165, 1.54) is 0 Å². The van der Waals surface area contributed by atoms with Gasteiger partial charge in [0.25, 0.3) is 0 Å². The van der Waals surface area contributed by atoms with Gasteiger partial charge < -0.3 is 0 Å². The highest BCUT2D eigenvalue weighted by molar-refractivity contribution is 5.04. The average molecular weight is 207 g/mol. The highest BCUT2D eigenvalue weighted by Gasteiger charge is 2.37. The van der Waals surface area contributed by atoms with Crippen LogP contribution in [0.25, 0.3) is 0 Å². The molecule has 0 saturated heterocycles. The number of rotatable bonds is 5. The molecule has 0 spiro atoms. The molecule has 3 heteroatoms. The molecule has 3 nitrogen and oxygen atoms in total. The summed E-state index contributed by atoms with van der Waals surface area (Å²) in [6, 6.07) is -0.481. The van der Waals surface area contributed by atoms with Gasteiger partial charge in [0.15, 0.2) is 0 Å². The standard InChI is InChI=1S/C12H17NO2/c1-3-6-10-8-5-9-11(7-4-2)12(10)13(14)15/h3-5,8,10-12H,1-2,6-7,9H2. The van der Waals surface area contributed by atoms with Gasteiger partial charge in [-0.15, -0.1) is 13.2 Å². The van der Waals surface area contributed by atoms with Gasteiger partial charge in [-0.05, 0) is 19.3 Å². The predicted octanol–water partition coefficient (Wildman–Crippen LogP) is 2.98. The molecule has 3 unspecified atom stereocenters.